The maximum atomic E-state index is 5.80. The van der Waals surface area contributed by atoms with Crippen LogP contribution in [-0.4, -0.2) is 16.8 Å². The summed E-state index contributed by atoms with van der Waals surface area (Å²) in [5.41, 5.74) is 12.8. The highest BCUT2D eigenvalue weighted by molar-refractivity contribution is 5.75. The normalized spacial score (nSPS) is 12.7. The van der Waals surface area contributed by atoms with Gasteiger partial charge in [0.25, 0.3) is 0 Å². The number of nitrogens with two attached hydrogens (primary N) is 2. The summed E-state index contributed by atoms with van der Waals surface area (Å²) in [4.78, 5) is 7.84. The molecule has 0 spiro atoms. The zero-order valence-electron chi connectivity index (χ0n) is 8.88. The standard InChI is InChI=1S/C11H10N4O2/c12-10-7(4-14-11(13)15-10)6-1-2-8-9(3-6)17-5-16-8/h1-4H,5H2,(H4,12,13,14,15). The zero-order chi connectivity index (χ0) is 11.8. The van der Waals surface area contributed by atoms with Crippen LogP contribution in [0.25, 0.3) is 11.1 Å². The minimum Gasteiger partial charge on any atom is -0.454 e. The molecule has 0 saturated heterocycles. The SMILES string of the molecule is Nc1ncc(-c2ccc3c(c2)OCO3)c(N)n1. The van der Waals surface area contributed by atoms with Crippen LogP contribution in [-0.2, 0) is 0 Å². The molecular weight excluding hydrogens is 220 g/mol. The van der Waals surface area contributed by atoms with Crippen molar-refractivity contribution in [2.45, 2.75) is 0 Å². The summed E-state index contributed by atoms with van der Waals surface area (Å²) in [5.74, 6) is 1.92. The van der Waals surface area contributed by atoms with Crippen LogP contribution in [0.2, 0.25) is 0 Å². The number of aromatic nitrogens is 2. The Bertz CT molecular complexity index is 586. The Balaban J connectivity index is 2.09. The molecule has 0 unspecified atom stereocenters. The van der Waals surface area contributed by atoms with E-state index in [1.807, 2.05) is 18.2 Å². The van der Waals surface area contributed by atoms with E-state index in [1.165, 1.54) is 0 Å². The summed E-state index contributed by atoms with van der Waals surface area (Å²) in [7, 11) is 0. The molecule has 1 aliphatic heterocycles. The Labute approximate surface area is 97.2 Å². The van der Waals surface area contributed by atoms with Gasteiger partial charge in [0.15, 0.2) is 11.5 Å². The van der Waals surface area contributed by atoms with Crippen LogP contribution in [0.3, 0.4) is 0 Å². The lowest BCUT2D eigenvalue weighted by Gasteiger charge is -2.05. The first-order valence-electron chi connectivity index (χ1n) is 5.02. The second-order valence-corrected chi connectivity index (χ2v) is 3.60. The number of fused-ring (bicyclic) bond motifs is 1. The highest BCUT2D eigenvalue weighted by Crippen LogP contribution is 2.36. The maximum absolute atomic E-state index is 5.80. The minimum atomic E-state index is 0.159. The fraction of sp³-hybridized carbons (Fsp3) is 0.0909. The molecule has 17 heavy (non-hydrogen) atoms. The molecule has 3 rings (SSSR count). The average Bonchev–Trinajstić information content (AvgIpc) is 2.75. The van der Waals surface area contributed by atoms with E-state index in [1.54, 1.807) is 6.20 Å². The smallest absolute Gasteiger partial charge is 0.231 e. The highest BCUT2D eigenvalue weighted by atomic mass is 16.7. The van der Waals surface area contributed by atoms with Gasteiger partial charge in [-0.25, -0.2) is 4.98 Å². The Hall–Kier alpha value is -2.50. The molecule has 6 heteroatoms. The molecule has 0 saturated carbocycles. The van der Waals surface area contributed by atoms with Crippen LogP contribution in [0, 0.1) is 0 Å². The van der Waals surface area contributed by atoms with Gasteiger partial charge in [-0.1, -0.05) is 6.07 Å². The van der Waals surface area contributed by atoms with Gasteiger partial charge >= 0.3 is 0 Å². The Kier molecular flexibility index (Phi) is 2.01. The number of nitrogen functional groups attached to an aromatic ring is 2. The summed E-state index contributed by atoms with van der Waals surface area (Å²) < 4.78 is 10.5. The molecule has 2 heterocycles. The molecule has 2 aromatic rings. The maximum Gasteiger partial charge on any atom is 0.231 e. The molecule has 6 nitrogen and oxygen atoms in total. The predicted molar refractivity (Wildman–Crippen MR) is 62.4 cm³/mol. The molecule has 1 aliphatic rings. The lowest BCUT2D eigenvalue weighted by atomic mass is 10.1. The third-order valence-corrected chi connectivity index (χ3v) is 2.52. The molecule has 0 radical (unpaired) electrons. The fourth-order valence-corrected chi connectivity index (χ4v) is 1.70. The lowest BCUT2D eigenvalue weighted by molar-refractivity contribution is 0.174. The van der Waals surface area contributed by atoms with E-state index in [0.29, 0.717) is 11.6 Å². The van der Waals surface area contributed by atoms with Crippen molar-refractivity contribution in [3.8, 4) is 22.6 Å². The summed E-state index contributed by atoms with van der Waals surface area (Å²) in [6.07, 6.45) is 1.59. The van der Waals surface area contributed by atoms with E-state index in [9.17, 15) is 0 Å². The van der Waals surface area contributed by atoms with E-state index in [2.05, 4.69) is 9.97 Å². The van der Waals surface area contributed by atoms with Gasteiger partial charge in [-0.15, -0.1) is 0 Å². The van der Waals surface area contributed by atoms with Gasteiger partial charge in [-0.3, -0.25) is 0 Å². The van der Waals surface area contributed by atoms with Crippen LogP contribution in [0.1, 0.15) is 0 Å². The van der Waals surface area contributed by atoms with Crippen molar-refractivity contribution in [3.05, 3.63) is 24.4 Å². The van der Waals surface area contributed by atoms with Gasteiger partial charge < -0.3 is 20.9 Å². The highest BCUT2D eigenvalue weighted by Gasteiger charge is 2.15. The van der Waals surface area contributed by atoms with Gasteiger partial charge in [-0.05, 0) is 17.7 Å². The average molecular weight is 230 g/mol. The van der Waals surface area contributed by atoms with Gasteiger partial charge in [0.05, 0.1) is 0 Å². The quantitative estimate of drug-likeness (QED) is 0.759. The van der Waals surface area contributed by atoms with Crippen LogP contribution in [0.4, 0.5) is 11.8 Å². The second-order valence-electron chi connectivity index (χ2n) is 3.60. The van der Waals surface area contributed by atoms with Crippen molar-refractivity contribution in [2.75, 3.05) is 18.3 Å². The summed E-state index contributed by atoms with van der Waals surface area (Å²) in [5, 5.41) is 0. The van der Waals surface area contributed by atoms with Crippen LogP contribution >= 0.6 is 0 Å². The third-order valence-electron chi connectivity index (χ3n) is 2.52. The van der Waals surface area contributed by atoms with E-state index < -0.39 is 0 Å². The predicted octanol–water partition coefficient (Wildman–Crippen LogP) is 1.04. The lowest BCUT2D eigenvalue weighted by Crippen LogP contribution is -2.00. The minimum absolute atomic E-state index is 0.159. The number of hydrogen-bond donors (Lipinski definition) is 2. The van der Waals surface area contributed by atoms with Gasteiger partial charge in [-0.2, -0.15) is 4.98 Å². The summed E-state index contributed by atoms with van der Waals surface area (Å²) >= 11 is 0. The van der Waals surface area contributed by atoms with E-state index in [0.717, 1.165) is 16.9 Å². The van der Waals surface area contributed by atoms with E-state index in [4.69, 9.17) is 20.9 Å². The molecule has 0 aliphatic carbocycles. The summed E-state index contributed by atoms with van der Waals surface area (Å²) in [6.45, 7) is 0.243. The molecule has 86 valence electrons. The van der Waals surface area contributed by atoms with Gasteiger partial charge in [0.2, 0.25) is 12.7 Å². The third kappa shape index (κ3) is 1.59. The van der Waals surface area contributed by atoms with Crippen molar-refractivity contribution < 1.29 is 9.47 Å². The first-order valence-corrected chi connectivity index (χ1v) is 5.02. The Morgan fingerprint density at radius 3 is 2.76 bits per heavy atom. The van der Waals surface area contributed by atoms with E-state index >= 15 is 0 Å². The monoisotopic (exact) mass is 230 g/mol. The van der Waals surface area contributed by atoms with Crippen molar-refractivity contribution in [1.29, 1.82) is 0 Å². The largest absolute Gasteiger partial charge is 0.454 e. The zero-order valence-corrected chi connectivity index (χ0v) is 8.88. The van der Waals surface area contributed by atoms with Gasteiger partial charge in [0.1, 0.15) is 5.82 Å². The molecule has 4 N–H and O–H groups in total. The van der Waals surface area contributed by atoms with E-state index in [-0.39, 0.29) is 12.7 Å². The Morgan fingerprint density at radius 1 is 1.12 bits per heavy atom. The fourth-order valence-electron chi connectivity index (χ4n) is 1.70. The van der Waals surface area contributed by atoms with Crippen molar-refractivity contribution in [1.82, 2.24) is 9.97 Å². The number of ether oxygens (including phenoxy) is 2. The first-order chi connectivity index (χ1) is 8.24. The number of hydrogen-bond acceptors (Lipinski definition) is 6. The molecule has 0 atom stereocenters. The molecular formula is C11H10N4O2. The first kappa shape index (κ1) is 9.71. The molecule has 1 aromatic carbocycles. The number of anilines is 2. The van der Waals surface area contributed by atoms with Crippen LogP contribution < -0.4 is 20.9 Å². The number of nitrogens with zero attached hydrogens (tertiary/aromatic N) is 2. The molecule has 0 amide bonds. The van der Waals surface area contributed by atoms with Crippen LogP contribution in [0.5, 0.6) is 11.5 Å². The van der Waals surface area contributed by atoms with Crippen molar-refractivity contribution >= 4 is 11.8 Å². The second kappa shape index (κ2) is 3.51. The van der Waals surface area contributed by atoms with Crippen LogP contribution in [0.15, 0.2) is 24.4 Å². The molecule has 0 fully saturated rings. The van der Waals surface area contributed by atoms with Crippen molar-refractivity contribution in [3.63, 3.8) is 0 Å². The Morgan fingerprint density at radius 2 is 1.94 bits per heavy atom. The summed E-state index contributed by atoms with van der Waals surface area (Å²) in [6, 6.07) is 5.54. The topological polar surface area (TPSA) is 96.3 Å². The number of benzene rings is 1. The van der Waals surface area contributed by atoms with Crippen molar-refractivity contribution in [2.24, 2.45) is 0 Å². The van der Waals surface area contributed by atoms with Gasteiger partial charge in [0, 0.05) is 11.8 Å². The molecule has 1 aromatic heterocycles. The molecule has 0 bridgehead atoms. The number of rotatable bonds is 1.